The largest absolute Gasteiger partial charge is 0.370 e. The fraction of sp³-hybridized carbons (Fsp3) is 0.500. The predicted octanol–water partition coefficient (Wildman–Crippen LogP) is 2.17. The summed E-state index contributed by atoms with van der Waals surface area (Å²) in [5, 5.41) is 3.03. The Bertz CT molecular complexity index is 551. The number of benzene rings is 1. The number of nitrogens with two attached hydrogens (primary N) is 1. The molecule has 0 aliphatic heterocycles. The van der Waals surface area contributed by atoms with E-state index < -0.39 is 9.84 Å². The first-order valence-corrected chi connectivity index (χ1v) is 8.22. The van der Waals surface area contributed by atoms with E-state index in [1.54, 1.807) is 30.3 Å². The maximum Gasteiger partial charge on any atom is 0.188 e. The monoisotopic (exact) mass is 425 g/mol. The maximum atomic E-state index is 12.0. The van der Waals surface area contributed by atoms with Crippen LogP contribution in [0.5, 0.6) is 0 Å². The molecule has 0 saturated heterocycles. The van der Waals surface area contributed by atoms with Crippen LogP contribution in [-0.2, 0) is 9.84 Å². The van der Waals surface area contributed by atoms with Gasteiger partial charge in [-0.1, -0.05) is 18.2 Å². The van der Waals surface area contributed by atoms with Gasteiger partial charge in [-0.3, -0.25) is 4.99 Å². The molecule has 1 aromatic carbocycles. The van der Waals surface area contributed by atoms with Crippen molar-refractivity contribution in [3.63, 3.8) is 0 Å². The molecular formula is C14H24IN3O2S. The molecule has 0 bridgehead atoms. The summed E-state index contributed by atoms with van der Waals surface area (Å²) in [7, 11) is -3.22. The Hall–Kier alpha value is -0.830. The molecule has 21 heavy (non-hydrogen) atoms. The summed E-state index contributed by atoms with van der Waals surface area (Å²) in [5.41, 5.74) is 5.56. The first kappa shape index (κ1) is 20.2. The molecule has 5 nitrogen and oxygen atoms in total. The fourth-order valence-electron chi connectivity index (χ4n) is 1.62. The van der Waals surface area contributed by atoms with Gasteiger partial charge in [0.25, 0.3) is 0 Å². The van der Waals surface area contributed by atoms with Crippen LogP contribution >= 0.6 is 24.0 Å². The third-order valence-corrected chi connectivity index (χ3v) is 4.28. The lowest BCUT2D eigenvalue weighted by molar-refractivity contribution is 0.508. The third kappa shape index (κ3) is 8.25. The van der Waals surface area contributed by atoms with Crippen molar-refractivity contribution >= 4 is 39.8 Å². The van der Waals surface area contributed by atoms with Gasteiger partial charge in [0, 0.05) is 12.1 Å². The molecule has 0 amide bonds. The third-order valence-electron chi connectivity index (χ3n) is 2.46. The number of rotatable bonds is 5. The molecule has 0 fully saturated rings. The van der Waals surface area contributed by atoms with E-state index in [1.807, 2.05) is 20.8 Å². The number of halogens is 1. The number of nitrogens with zero attached hydrogens (tertiary/aromatic N) is 1. The molecule has 0 aliphatic carbocycles. The Morgan fingerprint density at radius 1 is 1.24 bits per heavy atom. The molecule has 0 aliphatic rings. The molecule has 0 heterocycles. The summed E-state index contributed by atoms with van der Waals surface area (Å²) in [4.78, 5) is 4.48. The van der Waals surface area contributed by atoms with Crippen molar-refractivity contribution in [3.8, 4) is 0 Å². The molecular weight excluding hydrogens is 401 g/mol. The standard InChI is InChI=1S/C14H23N3O2S.HI/c1-14(2,3)17-13(15)16-10-7-11-20(18,19)12-8-5-4-6-9-12;/h4-6,8-9H,7,10-11H2,1-3H3,(H3,15,16,17);1H. The highest BCUT2D eigenvalue weighted by Crippen LogP contribution is 2.10. The second kappa shape index (κ2) is 8.57. The smallest absolute Gasteiger partial charge is 0.188 e. The summed E-state index contributed by atoms with van der Waals surface area (Å²) in [6, 6.07) is 8.44. The van der Waals surface area contributed by atoms with Gasteiger partial charge in [0.05, 0.1) is 10.6 Å². The Kier molecular flexibility index (Phi) is 8.23. The van der Waals surface area contributed by atoms with Crippen molar-refractivity contribution in [2.75, 3.05) is 12.3 Å². The highest BCUT2D eigenvalue weighted by Gasteiger charge is 2.13. The van der Waals surface area contributed by atoms with Crippen molar-refractivity contribution in [2.24, 2.45) is 10.7 Å². The number of sulfone groups is 1. The van der Waals surface area contributed by atoms with E-state index in [0.717, 1.165) is 0 Å². The molecule has 120 valence electrons. The zero-order valence-electron chi connectivity index (χ0n) is 12.7. The zero-order valence-corrected chi connectivity index (χ0v) is 15.8. The second-order valence-corrected chi connectivity index (χ2v) is 7.74. The van der Waals surface area contributed by atoms with Crippen molar-refractivity contribution in [1.29, 1.82) is 0 Å². The average molecular weight is 425 g/mol. The van der Waals surface area contributed by atoms with Crippen LogP contribution in [0.1, 0.15) is 27.2 Å². The zero-order chi connectivity index (χ0) is 15.2. The number of nitrogens with one attached hydrogen (secondary N) is 1. The van der Waals surface area contributed by atoms with Gasteiger partial charge in [0.15, 0.2) is 15.8 Å². The van der Waals surface area contributed by atoms with E-state index >= 15 is 0 Å². The van der Waals surface area contributed by atoms with Gasteiger partial charge >= 0.3 is 0 Å². The van der Waals surface area contributed by atoms with Crippen LogP contribution in [0, 0.1) is 0 Å². The van der Waals surface area contributed by atoms with Gasteiger partial charge in [-0.2, -0.15) is 0 Å². The molecule has 0 saturated carbocycles. The van der Waals surface area contributed by atoms with Gasteiger partial charge in [0.2, 0.25) is 0 Å². The average Bonchev–Trinajstić information content (AvgIpc) is 2.34. The summed E-state index contributed by atoms with van der Waals surface area (Å²) >= 11 is 0. The molecule has 0 aromatic heterocycles. The van der Waals surface area contributed by atoms with Crippen molar-refractivity contribution < 1.29 is 8.42 Å². The van der Waals surface area contributed by atoms with E-state index in [-0.39, 0.29) is 35.3 Å². The van der Waals surface area contributed by atoms with E-state index in [4.69, 9.17) is 5.73 Å². The summed E-state index contributed by atoms with van der Waals surface area (Å²) < 4.78 is 24.0. The molecule has 0 atom stereocenters. The van der Waals surface area contributed by atoms with Crippen LogP contribution in [0.3, 0.4) is 0 Å². The van der Waals surface area contributed by atoms with Crippen LogP contribution in [0.25, 0.3) is 0 Å². The lowest BCUT2D eigenvalue weighted by Gasteiger charge is -2.20. The number of hydrogen-bond donors (Lipinski definition) is 2. The Labute approximate surface area is 144 Å². The van der Waals surface area contributed by atoms with Gasteiger partial charge in [0.1, 0.15) is 0 Å². The minimum Gasteiger partial charge on any atom is -0.370 e. The number of hydrogen-bond acceptors (Lipinski definition) is 3. The first-order chi connectivity index (χ1) is 9.21. The Morgan fingerprint density at radius 2 is 1.81 bits per heavy atom. The van der Waals surface area contributed by atoms with Crippen molar-refractivity contribution in [1.82, 2.24) is 5.32 Å². The second-order valence-electron chi connectivity index (χ2n) is 5.63. The van der Waals surface area contributed by atoms with E-state index in [0.29, 0.717) is 23.8 Å². The highest BCUT2D eigenvalue weighted by atomic mass is 127. The molecule has 0 unspecified atom stereocenters. The van der Waals surface area contributed by atoms with Gasteiger partial charge in [-0.05, 0) is 39.3 Å². The SMILES string of the molecule is CC(C)(C)NC(N)=NCCCS(=O)(=O)c1ccccc1.I. The molecule has 3 N–H and O–H groups in total. The van der Waals surface area contributed by atoms with Crippen molar-refractivity contribution in [2.45, 2.75) is 37.6 Å². The summed E-state index contributed by atoms with van der Waals surface area (Å²) in [6.07, 6.45) is 0.448. The van der Waals surface area contributed by atoms with E-state index in [2.05, 4.69) is 10.3 Å². The predicted molar refractivity (Wildman–Crippen MR) is 97.9 cm³/mol. The quantitative estimate of drug-likeness (QED) is 0.328. The lowest BCUT2D eigenvalue weighted by atomic mass is 10.1. The molecule has 1 rings (SSSR count). The van der Waals surface area contributed by atoms with Gasteiger partial charge < -0.3 is 11.1 Å². The number of aliphatic imine (C=N–C) groups is 1. The number of guanidine groups is 1. The minimum absolute atomic E-state index is 0. The Balaban J connectivity index is 0.00000400. The topological polar surface area (TPSA) is 84.5 Å². The summed E-state index contributed by atoms with van der Waals surface area (Å²) in [5.74, 6) is 0.415. The van der Waals surface area contributed by atoms with Crippen molar-refractivity contribution in [3.05, 3.63) is 30.3 Å². The maximum absolute atomic E-state index is 12.0. The van der Waals surface area contributed by atoms with Crippen LogP contribution in [-0.4, -0.2) is 32.2 Å². The van der Waals surface area contributed by atoms with Crippen LogP contribution in [0.2, 0.25) is 0 Å². The van der Waals surface area contributed by atoms with Crippen LogP contribution in [0.4, 0.5) is 0 Å². The normalized spacial score (nSPS) is 12.6. The van der Waals surface area contributed by atoms with Crippen LogP contribution < -0.4 is 11.1 Å². The first-order valence-electron chi connectivity index (χ1n) is 6.57. The fourth-order valence-corrected chi connectivity index (χ4v) is 2.94. The van der Waals surface area contributed by atoms with Crippen LogP contribution in [0.15, 0.2) is 40.2 Å². The van der Waals surface area contributed by atoms with Gasteiger partial charge in [-0.15, -0.1) is 24.0 Å². The molecule has 7 heteroatoms. The lowest BCUT2D eigenvalue weighted by Crippen LogP contribution is -2.45. The van der Waals surface area contributed by atoms with E-state index in [1.165, 1.54) is 0 Å². The highest BCUT2D eigenvalue weighted by molar-refractivity contribution is 14.0. The molecule has 1 aromatic rings. The van der Waals surface area contributed by atoms with E-state index in [9.17, 15) is 8.42 Å². The Morgan fingerprint density at radius 3 is 2.33 bits per heavy atom. The minimum atomic E-state index is -3.22. The molecule has 0 spiro atoms. The van der Waals surface area contributed by atoms with Gasteiger partial charge in [-0.25, -0.2) is 8.42 Å². The molecule has 0 radical (unpaired) electrons. The summed E-state index contributed by atoms with van der Waals surface area (Å²) in [6.45, 7) is 6.33.